The molecule has 3 aromatic rings. The molecule has 0 bridgehead atoms. The molecule has 0 aliphatic carbocycles. The number of rotatable bonds is 5. The van der Waals surface area contributed by atoms with Gasteiger partial charge in [-0.25, -0.2) is 0 Å². The minimum Gasteiger partial charge on any atom is -0.494 e. The number of nitrogens with zero attached hydrogens (tertiary/aromatic N) is 3. The first kappa shape index (κ1) is 20.9. The van der Waals surface area contributed by atoms with Gasteiger partial charge in [0.25, 0.3) is 0 Å². The topological polar surface area (TPSA) is 66.2 Å². The van der Waals surface area contributed by atoms with Gasteiger partial charge in [0.1, 0.15) is 5.52 Å². The highest BCUT2D eigenvalue weighted by atomic mass is 16.5. The third kappa shape index (κ3) is 4.11. The van der Waals surface area contributed by atoms with E-state index in [1.165, 1.54) is 0 Å². The highest BCUT2D eigenvalue weighted by Crippen LogP contribution is 2.38. The van der Waals surface area contributed by atoms with Crippen LogP contribution >= 0.6 is 0 Å². The Hall–Kier alpha value is -3.39. The van der Waals surface area contributed by atoms with Gasteiger partial charge < -0.3 is 9.64 Å². The van der Waals surface area contributed by atoms with E-state index in [0.29, 0.717) is 25.9 Å². The van der Waals surface area contributed by atoms with Gasteiger partial charge in [0.05, 0.1) is 18.6 Å². The summed E-state index contributed by atoms with van der Waals surface area (Å²) in [6.45, 7) is 3.22. The van der Waals surface area contributed by atoms with E-state index in [0.717, 1.165) is 46.2 Å². The quantitative estimate of drug-likeness (QED) is 0.591. The fourth-order valence-electron chi connectivity index (χ4n) is 4.48. The first-order valence-corrected chi connectivity index (χ1v) is 10.8. The maximum Gasteiger partial charge on any atom is 0.222 e. The molecule has 0 spiro atoms. The molecule has 2 heterocycles. The fourth-order valence-corrected chi connectivity index (χ4v) is 4.48. The number of amides is 1. The summed E-state index contributed by atoms with van der Waals surface area (Å²) in [7, 11) is 1.67. The van der Waals surface area contributed by atoms with Crippen molar-refractivity contribution in [1.82, 2.24) is 9.88 Å². The summed E-state index contributed by atoms with van der Waals surface area (Å²) in [6.07, 6.45) is 4.45. The molecule has 0 unspecified atom stereocenters. The number of benzene rings is 2. The monoisotopic (exact) mass is 413 g/mol. The van der Waals surface area contributed by atoms with E-state index in [-0.39, 0.29) is 5.91 Å². The van der Waals surface area contributed by atoms with Crippen LogP contribution in [0.3, 0.4) is 0 Å². The van der Waals surface area contributed by atoms with Crippen LogP contribution in [0.15, 0.2) is 54.7 Å². The molecule has 0 saturated carbocycles. The lowest BCUT2D eigenvalue weighted by atomic mass is 9.75. The summed E-state index contributed by atoms with van der Waals surface area (Å²) in [5, 5.41) is 11.0. The molecule has 1 amide bonds. The average molecular weight is 414 g/mol. The van der Waals surface area contributed by atoms with E-state index in [9.17, 15) is 10.1 Å². The Morgan fingerprint density at radius 1 is 1.16 bits per heavy atom. The van der Waals surface area contributed by atoms with Gasteiger partial charge in [0, 0.05) is 36.7 Å². The number of fused-ring (bicyclic) bond motifs is 1. The Morgan fingerprint density at radius 2 is 1.90 bits per heavy atom. The molecule has 4 rings (SSSR count). The summed E-state index contributed by atoms with van der Waals surface area (Å²) in [5.41, 5.74) is 3.64. The number of carbonyl (C=O) groups excluding carboxylic acids is 1. The first-order chi connectivity index (χ1) is 15.1. The minimum atomic E-state index is -0.406. The second-order valence-corrected chi connectivity index (χ2v) is 8.22. The van der Waals surface area contributed by atoms with Crippen LogP contribution in [0, 0.1) is 16.7 Å². The van der Waals surface area contributed by atoms with Crippen molar-refractivity contribution in [3.63, 3.8) is 0 Å². The standard InChI is InChI=1S/C26H27N3O2/c1-3-23(30)29-15-12-26(18-27,13-16-29)17-19-6-8-20(9-7-19)22-11-10-21-5-4-14-28-24(21)25(22)31-2/h4-11,14H,3,12-13,15-17H2,1-2H3. The van der Waals surface area contributed by atoms with Gasteiger partial charge in [-0.05, 0) is 42.5 Å². The van der Waals surface area contributed by atoms with Crippen molar-refractivity contribution in [1.29, 1.82) is 5.26 Å². The van der Waals surface area contributed by atoms with Crippen molar-refractivity contribution in [3.8, 4) is 22.9 Å². The Balaban J connectivity index is 1.55. The molecule has 1 aliphatic heterocycles. The first-order valence-electron chi connectivity index (χ1n) is 10.8. The number of hydrogen-bond acceptors (Lipinski definition) is 4. The van der Waals surface area contributed by atoms with Crippen LogP contribution < -0.4 is 4.74 Å². The molecule has 0 N–H and O–H groups in total. The smallest absolute Gasteiger partial charge is 0.222 e. The Morgan fingerprint density at radius 3 is 2.55 bits per heavy atom. The maximum absolute atomic E-state index is 12.0. The highest BCUT2D eigenvalue weighted by Gasteiger charge is 2.36. The van der Waals surface area contributed by atoms with Crippen LogP contribution in [-0.4, -0.2) is 36.0 Å². The van der Waals surface area contributed by atoms with Crippen LogP contribution in [0.25, 0.3) is 22.0 Å². The van der Waals surface area contributed by atoms with Gasteiger partial charge in [-0.1, -0.05) is 43.3 Å². The Labute approximate surface area is 183 Å². The predicted octanol–water partition coefficient (Wildman–Crippen LogP) is 5.00. The van der Waals surface area contributed by atoms with E-state index in [1.807, 2.05) is 24.0 Å². The number of nitriles is 1. The maximum atomic E-state index is 12.0. The lowest BCUT2D eigenvalue weighted by molar-refractivity contribution is -0.132. The highest BCUT2D eigenvalue weighted by molar-refractivity contribution is 5.92. The van der Waals surface area contributed by atoms with Gasteiger partial charge in [0.15, 0.2) is 5.75 Å². The number of aromatic nitrogens is 1. The molecule has 1 saturated heterocycles. The van der Waals surface area contributed by atoms with Crippen molar-refractivity contribution >= 4 is 16.8 Å². The molecule has 5 heteroatoms. The number of carbonyl (C=O) groups is 1. The zero-order valence-corrected chi connectivity index (χ0v) is 18.1. The predicted molar refractivity (Wildman–Crippen MR) is 122 cm³/mol. The molecule has 1 aliphatic rings. The molecule has 0 atom stereocenters. The SMILES string of the molecule is CCC(=O)N1CCC(C#N)(Cc2ccc(-c3ccc4cccnc4c3OC)cc2)CC1. The third-order valence-electron chi connectivity index (χ3n) is 6.35. The van der Waals surface area contributed by atoms with Gasteiger partial charge in [-0.15, -0.1) is 0 Å². The van der Waals surface area contributed by atoms with E-state index in [2.05, 4.69) is 47.5 Å². The van der Waals surface area contributed by atoms with E-state index in [4.69, 9.17) is 4.74 Å². The van der Waals surface area contributed by atoms with Gasteiger partial charge in [-0.3, -0.25) is 9.78 Å². The van der Waals surface area contributed by atoms with E-state index in [1.54, 1.807) is 13.3 Å². The number of hydrogen-bond donors (Lipinski definition) is 0. The average Bonchev–Trinajstić information content (AvgIpc) is 2.83. The molecule has 5 nitrogen and oxygen atoms in total. The Bertz CT molecular complexity index is 1120. The summed E-state index contributed by atoms with van der Waals surface area (Å²) in [5.74, 6) is 0.946. The molecular formula is C26H27N3O2. The van der Waals surface area contributed by atoms with E-state index < -0.39 is 5.41 Å². The number of ether oxygens (including phenoxy) is 1. The van der Waals surface area contributed by atoms with Crippen LogP contribution in [0.5, 0.6) is 5.75 Å². The number of likely N-dealkylation sites (tertiary alicyclic amines) is 1. The van der Waals surface area contributed by atoms with Crippen molar-refractivity contribution in [2.75, 3.05) is 20.2 Å². The Kier molecular flexibility index (Phi) is 5.90. The van der Waals surface area contributed by atoms with Crippen molar-refractivity contribution in [2.45, 2.75) is 32.6 Å². The van der Waals surface area contributed by atoms with E-state index >= 15 is 0 Å². The van der Waals surface area contributed by atoms with Gasteiger partial charge in [0.2, 0.25) is 5.91 Å². The lowest BCUT2D eigenvalue weighted by Crippen LogP contribution is -2.43. The summed E-state index contributed by atoms with van der Waals surface area (Å²) in [4.78, 5) is 18.3. The molecule has 2 aromatic carbocycles. The van der Waals surface area contributed by atoms with Crippen LogP contribution in [0.4, 0.5) is 0 Å². The van der Waals surface area contributed by atoms with Crippen LogP contribution in [0.1, 0.15) is 31.7 Å². The normalized spacial score (nSPS) is 15.5. The van der Waals surface area contributed by atoms with Crippen molar-refractivity contribution in [2.24, 2.45) is 5.41 Å². The fraction of sp³-hybridized carbons (Fsp3) is 0.346. The van der Waals surface area contributed by atoms with Crippen molar-refractivity contribution < 1.29 is 9.53 Å². The van der Waals surface area contributed by atoms with Crippen LogP contribution in [0.2, 0.25) is 0 Å². The number of piperidine rings is 1. The minimum absolute atomic E-state index is 0.176. The molecule has 1 aromatic heterocycles. The molecule has 158 valence electrons. The van der Waals surface area contributed by atoms with Crippen LogP contribution in [-0.2, 0) is 11.2 Å². The second-order valence-electron chi connectivity index (χ2n) is 8.22. The molecular weight excluding hydrogens is 386 g/mol. The number of pyridine rings is 1. The lowest BCUT2D eigenvalue weighted by Gasteiger charge is -2.37. The molecule has 0 radical (unpaired) electrons. The summed E-state index contributed by atoms with van der Waals surface area (Å²) >= 11 is 0. The molecule has 1 fully saturated rings. The van der Waals surface area contributed by atoms with Gasteiger partial charge >= 0.3 is 0 Å². The zero-order valence-electron chi connectivity index (χ0n) is 18.1. The largest absolute Gasteiger partial charge is 0.494 e. The third-order valence-corrected chi connectivity index (χ3v) is 6.35. The van der Waals surface area contributed by atoms with Gasteiger partial charge in [-0.2, -0.15) is 5.26 Å². The zero-order chi connectivity index (χ0) is 21.8. The summed E-state index contributed by atoms with van der Waals surface area (Å²) < 4.78 is 5.70. The number of methoxy groups -OCH3 is 1. The van der Waals surface area contributed by atoms with Crippen molar-refractivity contribution in [3.05, 3.63) is 60.3 Å². The summed E-state index contributed by atoms with van der Waals surface area (Å²) in [6, 6.07) is 19.0. The molecule has 31 heavy (non-hydrogen) atoms. The second kappa shape index (κ2) is 8.77.